The zero-order chi connectivity index (χ0) is 13.1. The molecule has 1 fully saturated rings. The molecule has 0 heterocycles. The van der Waals surface area contributed by atoms with Crippen molar-refractivity contribution in [3.8, 4) is 0 Å². The summed E-state index contributed by atoms with van der Waals surface area (Å²) in [7, 11) is 0. The lowest BCUT2D eigenvalue weighted by Crippen LogP contribution is -2.39. The maximum atomic E-state index is 9.60. The van der Waals surface area contributed by atoms with Gasteiger partial charge in [0.05, 0.1) is 0 Å². The van der Waals surface area contributed by atoms with E-state index in [-0.39, 0.29) is 5.41 Å². The maximum absolute atomic E-state index is 9.60. The molecule has 0 amide bonds. The summed E-state index contributed by atoms with van der Waals surface area (Å²) >= 11 is 0. The van der Waals surface area contributed by atoms with Crippen LogP contribution in [-0.4, -0.2) is 24.8 Å². The molecule has 1 rings (SSSR count). The molecule has 0 saturated heterocycles. The Morgan fingerprint density at radius 2 is 1.61 bits per heavy atom. The summed E-state index contributed by atoms with van der Waals surface area (Å²) in [6, 6.07) is 0. The lowest BCUT2D eigenvalue weighted by Gasteiger charge is -2.35. The topological polar surface area (TPSA) is 32.3 Å². The van der Waals surface area contributed by atoms with Crippen LogP contribution in [0.5, 0.6) is 0 Å². The van der Waals surface area contributed by atoms with Crippen LogP contribution in [0.1, 0.15) is 77.6 Å². The standard InChI is InChI=1S/C16H33NO/c1-2-3-4-5-6-10-13-17-14-16(15-18)11-8-7-9-12-16/h17-18H,2-15H2,1H3. The van der Waals surface area contributed by atoms with Gasteiger partial charge in [0.25, 0.3) is 0 Å². The molecule has 0 aromatic carbocycles. The van der Waals surface area contributed by atoms with Crippen LogP contribution in [0.15, 0.2) is 0 Å². The molecule has 18 heavy (non-hydrogen) atoms. The lowest BCUT2D eigenvalue weighted by atomic mass is 9.74. The number of aliphatic hydroxyl groups excluding tert-OH is 1. The predicted molar refractivity (Wildman–Crippen MR) is 78.8 cm³/mol. The fourth-order valence-corrected chi connectivity index (χ4v) is 3.08. The summed E-state index contributed by atoms with van der Waals surface area (Å²) in [5.41, 5.74) is 0.209. The van der Waals surface area contributed by atoms with E-state index < -0.39 is 0 Å². The third kappa shape index (κ3) is 6.19. The quantitative estimate of drug-likeness (QED) is 0.581. The monoisotopic (exact) mass is 255 g/mol. The van der Waals surface area contributed by atoms with E-state index in [1.165, 1.54) is 70.6 Å². The Morgan fingerprint density at radius 3 is 2.28 bits per heavy atom. The van der Waals surface area contributed by atoms with Gasteiger partial charge in [-0.05, 0) is 25.8 Å². The lowest BCUT2D eigenvalue weighted by molar-refractivity contribution is 0.0814. The van der Waals surface area contributed by atoms with Crippen LogP contribution < -0.4 is 5.32 Å². The third-order valence-corrected chi connectivity index (χ3v) is 4.46. The molecule has 1 aliphatic carbocycles. The average molecular weight is 255 g/mol. The minimum absolute atomic E-state index is 0.209. The van der Waals surface area contributed by atoms with Crippen LogP contribution >= 0.6 is 0 Å². The van der Waals surface area contributed by atoms with E-state index in [9.17, 15) is 5.11 Å². The Hall–Kier alpha value is -0.0800. The molecule has 0 aliphatic heterocycles. The highest BCUT2D eigenvalue weighted by molar-refractivity contribution is 4.84. The number of nitrogens with one attached hydrogen (secondary N) is 1. The van der Waals surface area contributed by atoms with Crippen molar-refractivity contribution >= 4 is 0 Å². The summed E-state index contributed by atoms with van der Waals surface area (Å²) in [5.74, 6) is 0. The van der Waals surface area contributed by atoms with Gasteiger partial charge in [-0.25, -0.2) is 0 Å². The minimum atomic E-state index is 0.209. The third-order valence-electron chi connectivity index (χ3n) is 4.46. The van der Waals surface area contributed by atoms with Gasteiger partial charge in [0.2, 0.25) is 0 Å². The summed E-state index contributed by atoms with van der Waals surface area (Å²) in [5, 5.41) is 13.2. The van der Waals surface area contributed by atoms with Crippen molar-refractivity contribution in [3.05, 3.63) is 0 Å². The highest BCUT2D eigenvalue weighted by Gasteiger charge is 2.30. The number of hydrogen-bond acceptors (Lipinski definition) is 2. The summed E-state index contributed by atoms with van der Waals surface area (Å²) in [6.45, 7) is 4.79. The smallest absolute Gasteiger partial charge is 0.0499 e. The second kappa shape index (κ2) is 9.80. The van der Waals surface area contributed by atoms with Gasteiger partial charge in [-0.3, -0.25) is 0 Å². The Balaban J connectivity index is 1.98. The molecule has 2 heteroatoms. The largest absolute Gasteiger partial charge is 0.396 e. The number of unbranched alkanes of at least 4 members (excludes halogenated alkanes) is 5. The van der Waals surface area contributed by atoms with E-state index in [0.717, 1.165) is 13.1 Å². The summed E-state index contributed by atoms with van der Waals surface area (Å²) in [4.78, 5) is 0. The van der Waals surface area contributed by atoms with E-state index >= 15 is 0 Å². The minimum Gasteiger partial charge on any atom is -0.396 e. The van der Waals surface area contributed by atoms with Crippen LogP contribution in [0, 0.1) is 5.41 Å². The van der Waals surface area contributed by atoms with Crippen LogP contribution in [0.3, 0.4) is 0 Å². The molecular weight excluding hydrogens is 222 g/mol. The van der Waals surface area contributed by atoms with E-state index in [0.29, 0.717) is 6.61 Å². The van der Waals surface area contributed by atoms with Crippen LogP contribution in [0.2, 0.25) is 0 Å². The molecule has 2 nitrogen and oxygen atoms in total. The van der Waals surface area contributed by atoms with Gasteiger partial charge in [-0.1, -0.05) is 58.3 Å². The van der Waals surface area contributed by atoms with Crippen molar-refractivity contribution in [1.82, 2.24) is 5.32 Å². The highest BCUT2D eigenvalue weighted by Crippen LogP contribution is 2.35. The van der Waals surface area contributed by atoms with Crippen molar-refractivity contribution in [1.29, 1.82) is 0 Å². The normalized spacial score (nSPS) is 19.0. The molecule has 1 saturated carbocycles. The molecule has 0 atom stereocenters. The second-order valence-corrected chi connectivity index (χ2v) is 6.16. The van der Waals surface area contributed by atoms with Crippen LogP contribution in [0.25, 0.3) is 0 Å². The summed E-state index contributed by atoms with van der Waals surface area (Å²) in [6.07, 6.45) is 14.6. The van der Waals surface area contributed by atoms with E-state index in [1.807, 2.05) is 0 Å². The van der Waals surface area contributed by atoms with Gasteiger partial charge in [0, 0.05) is 18.6 Å². The maximum Gasteiger partial charge on any atom is 0.0499 e. The molecule has 0 aromatic heterocycles. The number of hydrogen-bond donors (Lipinski definition) is 2. The van der Waals surface area contributed by atoms with Crippen molar-refractivity contribution in [2.75, 3.05) is 19.7 Å². The van der Waals surface area contributed by atoms with E-state index in [2.05, 4.69) is 12.2 Å². The SMILES string of the molecule is CCCCCCCCNCC1(CO)CCCCC1. The molecule has 0 aromatic rings. The first-order valence-corrected chi connectivity index (χ1v) is 8.14. The van der Waals surface area contributed by atoms with Gasteiger partial charge in [-0.15, -0.1) is 0 Å². The van der Waals surface area contributed by atoms with Crippen molar-refractivity contribution in [3.63, 3.8) is 0 Å². The van der Waals surface area contributed by atoms with Crippen molar-refractivity contribution in [2.24, 2.45) is 5.41 Å². The summed E-state index contributed by atoms with van der Waals surface area (Å²) < 4.78 is 0. The zero-order valence-corrected chi connectivity index (χ0v) is 12.3. The van der Waals surface area contributed by atoms with Gasteiger partial charge in [0.15, 0.2) is 0 Å². The van der Waals surface area contributed by atoms with Gasteiger partial charge in [0.1, 0.15) is 0 Å². The number of aliphatic hydroxyl groups is 1. The average Bonchev–Trinajstić information content (AvgIpc) is 2.43. The van der Waals surface area contributed by atoms with Gasteiger partial charge in [-0.2, -0.15) is 0 Å². The molecule has 0 unspecified atom stereocenters. The first kappa shape index (κ1) is 16.0. The van der Waals surface area contributed by atoms with Crippen molar-refractivity contribution in [2.45, 2.75) is 77.6 Å². The Morgan fingerprint density at radius 1 is 0.944 bits per heavy atom. The van der Waals surface area contributed by atoms with Gasteiger partial charge < -0.3 is 10.4 Å². The van der Waals surface area contributed by atoms with E-state index in [1.54, 1.807) is 0 Å². The first-order valence-electron chi connectivity index (χ1n) is 8.14. The molecule has 0 bridgehead atoms. The first-order chi connectivity index (χ1) is 8.83. The highest BCUT2D eigenvalue weighted by atomic mass is 16.3. The van der Waals surface area contributed by atoms with Gasteiger partial charge >= 0.3 is 0 Å². The Labute approximate surface area is 114 Å². The molecule has 1 aliphatic rings. The Kier molecular flexibility index (Phi) is 8.70. The fourth-order valence-electron chi connectivity index (χ4n) is 3.08. The molecule has 2 N–H and O–H groups in total. The molecule has 0 spiro atoms. The zero-order valence-electron chi connectivity index (χ0n) is 12.3. The fraction of sp³-hybridized carbons (Fsp3) is 1.00. The molecule has 108 valence electrons. The van der Waals surface area contributed by atoms with E-state index in [4.69, 9.17) is 0 Å². The van der Waals surface area contributed by atoms with Crippen LogP contribution in [0.4, 0.5) is 0 Å². The van der Waals surface area contributed by atoms with Crippen LogP contribution in [-0.2, 0) is 0 Å². The number of rotatable bonds is 10. The predicted octanol–water partition coefficient (Wildman–Crippen LogP) is 3.88. The molecular formula is C16H33NO. The Bertz CT molecular complexity index is 188. The van der Waals surface area contributed by atoms with Crippen molar-refractivity contribution < 1.29 is 5.11 Å². The molecule has 0 radical (unpaired) electrons. The second-order valence-electron chi connectivity index (χ2n) is 6.16.